The van der Waals surface area contributed by atoms with Crippen LogP contribution in [0.5, 0.6) is 0 Å². The van der Waals surface area contributed by atoms with Crippen molar-refractivity contribution in [3.8, 4) is 0 Å². The van der Waals surface area contributed by atoms with E-state index in [1.807, 2.05) is 4.90 Å². The second kappa shape index (κ2) is 3.09. The molecule has 3 rings (SSSR count). The molecule has 1 aliphatic carbocycles. The monoisotopic (exact) mass is 201 g/mol. The average molecular weight is 201 g/mol. The summed E-state index contributed by atoms with van der Waals surface area (Å²) in [6, 6.07) is 6.39. The number of carbonyl (C=O) groups is 1. The zero-order valence-electron chi connectivity index (χ0n) is 8.99. The molecular weight excluding hydrogens is 186 g/mol. The van der Waals surface area contributed by atoms with Crippen molar-refractivity contribution in [3.63, 3.8) is 0 Å². The number of hydrogen-bond donors (Lipinski definition) is 0. The Morgan fingerprint density at radius 1 is 1.40 bits per heavy atom. The van der Waals surface area contributed by atoms with Crippen molar-refractivity contribution >= 4 is 11.6 Å². The van der Waals surface area contributed by atoms with Gasteiger partial charge in [-0.15, -0.1) is 0 Å². The molecule has 0 radical (unpaired) electrons. The fourth-order valence-corrected chi connectivity index (χ4v) is 2.31. The Hall–Kier alpha value is -1.31. The first-order valence-electron chi connectivity index (χ1n) is 5.66. The van der Waals surface area contributed by atoms with E-state index in [9.17, 15) is 4.79 Å². The maximum atomic E-state index is 12.0. The van der Waals surface area contributed by atoms with Crippen molar-refractivity contribution in [2.45, 2.75) is 26.2 Å². The third kappa shape index (κ3) is 1.44. The Balaban J connectivity index is 1.93. The molecule has 1 aromatic carbocycles. The van der Waals surface area contributed by atoms with E-state index in [-0.39, 0.29) is 0 Å². The van der Waals surface area contributed by atoms with Gasteiger partial charge in [0.15, 0.2) is 0 Å². The van der Waals surface area contributed by atoms with E-state index in [4.69, 9.17) is 0 Å². The third-order valence-electron chi connectivity index (χ3n) is 3.32. The summed E-state index contributed by atoms with van der Waals surface area (Å²) in [5.41, 5.74) is 3.77. The topological polar surface area (TPSA) is 20.3 Å². The fourth-order valence-electron chi connectivity index (χ4n) is 2.31. The molecule has 0 unspecified atom stereocenters. The molecule has 2 aliphatic rings. The normalized spacial score (nSPS) is 19.1. The van der Waals surface area contributed by atoms with E-state index in [1.165, 1.54) is 11.1 Å². The van der Waals surface area contributed by atoms with Gasteiger partial charge in [0.25, 0.3) is 0 Å². The van der Waals surface area contributed by atoms with Crippen LogP contribution >= 0.6 is 0 Å². The number of carbonyl (C=O) groups excluding carboxylic acids is 1. The lowest BCUT2D eigenvalue weighted by atomic mass is 10.1. The van der Waals surface area contributed by atoms with Crippen LogP contribution in [-0.4, -0.2) is 12.5 Å². The van der Waals surface area contributed by atoms with E-state index in [1.54, 1.807) is 0 Å². The lowest BCUT2D eigenvalue weighted by molar-refractivity contribution is -0.119. The quantitative estimate of drug-likeness (QED) is 0.682. The van der Waals surface area contributed by atoms with E-state index in [0.717, 1.165) is 31.5 Å². The zero-order valence-corrected chi connectivity index (χ0v) is 8.99. The first-order chi connectivity index (χ1) is 7.25. The Labute approximate surface area is 89.9 Å². The number of rotatable bonds is 1. The molecule has 1 heterocycles. The summed E-state index contributed by atoms with van der Waals surface area (Å²) < 4.78 is 0. The van der Waals surface area contributed by atoms with E-state index >= 15 is 0 Å². The number of nitrogens with zero attached hydrogens (tertiary/aromatic N) is 1. The van der Waals surface area contributed by atoms with Crippen LogP contribution in [0.4, 0.5) is 5.69 Å². The number of aryl methyl sites for hydroxylation is 1. The van der Waals surface area contributed by atoms with Crippen LogP contribution in [-0.2, 0) is 11.2 Å². The Kier molecular flexibility index (Phi) is 1.84. The minimum Gasteiger partial charge on any atom is -0.312 e. The van der Waals surface area contributed by atoms with Crippen molar-refractivity contribution < 1.29 is 4.79 Å². The van der Waals surface area contributed by atoms with Crippen LogP contribution in [0.2, 0.25) is 0 Å². The summed E-state index contributed by atoms with van der Waals surface area (Å²) in [5, 5.41) is 0. The maximum absolute atomic E-state index is 12.0. The third-order valence-corrected chi connectivity index (χ3v) is 3.32. The maximum Gasteiger partial charge on any atom is 0.230 e. The molecule has 2 nitrogen and oxygen atoms in total. The number of fused-ring (bicyclic) bond motifs is 1. The molecule has 0 spiro atoms. The van der Waals surface area contributed by atoms with E-state index < -0.39 is 0 Å². The summed E-state index contributed by atoms with van der Waals surface area (Å²) in [5.74, 6) is 0.676. The molecule has 2 heteroatoms. The first-order valence-corrected chi connectivity index (χ1v) is 5.66. The Morgan fingerprint density at radius 3 is 2.93 bits per heavy atom. The fraction of sp³-hybridized carbons (Fsp3) is 0.462. The number of benzene rings is 1. The van der Waals surface area contributed by atoms with Gasteiger partial charge in [-0.2, -0.15) is 0 Å². The summed E-state index contributed by atoms with van der Waals surface area (Å²) >= 11 is 0. The highest BCUT2D eigenvalue weighted by Gasteiger charge is 2.36. The van der Waals surface area contributed by atoms with Gasteiger partial charge in [-0.1, -0.05) is 17.7 Å². The Bertz CT molecular complexity index is 421. The molecule has 1 saturated carbocycles. The molecule has 78 valence electrons. The van der Waals surface area contributed by atoms with Gasteiger partial charge in [-0.05, 0) is 37.8 Å². The number of amides is 1. The van der Waals surface area contributed by atoms with Gasteiger partial charge in [0.1, 0.15) is 0 Å². The molecule has 15 heavy (non-hydrogen) atoms. The van der Waals surface area contributed by atoms with Crippen molar-refractivity contribution in [2.75, 3.05) is 11.4 Å². The van der Waals surface area contributed by atoms with Crippen molar-refractivity contribution in [1.29, 1.82) is 0 Å². The van der Waals surface area contributed by atoms with Gasteiger partial charge in [-0.25, -0.2) is 0 Å². The lowest BCUT2D eigenvalue weighted by Crippen LogP contribution is -2.30. The van der Waals surface area contributed by atoms with Gasteiger partial charge in [0, 0.05) is 18.2 Å². The van der Waals surface area contributed by atoms with Crippen molar-refractivity contribution in [1.82, 2.24) is 0 Å². The predicted molar refractivity (Wildman–Crippen MR) is 60.0 cm³/mol. The number of hydrogen-bond acceptors (Lipinski definition) is 1. The lowest BCUT2D eigenvalue weighted by Gasteiger charge is -2.16. The minimum absolute atomic E-state index is 0.331. The molecule has 0 saturated heterocycles. The van der Waals surface area contributed by atoms with Crippen LogP contribution in [0, 0.1) is 12.8 Å². The standard InChI is InChI=1S/C13H15NO/c1-9-2-5-12-11(8-9)6-7-14(12)13(15)10-3-4-10/h2,5,8,10H,3-4,6-7H2,1H3. The molecule has 1 amide bonds. The Morgan fingerprint density at radius 2 is 2.20 bits per heavy atom. The van der Waals surface area contributed by atoms with Crippen LogP contribution in [0.1, 0.15) is 24.0 Å². The van der Waals surface area contributed by atoms with Gasteiger partial charge in [0.05, 0.1) is 0 Å². The van der Waals surface area contributed by atoms with E-state index in [2.05, 4.69) is 25.1 Å². The summed E-state index contributed by atoms with van der Waals surface area (Å²) in [7, 11) is 0. The first kappa shape index (κ1) is 8.96. The van der Waals surface area contributed by atoms with Crippen molar-refractivity contribution in [3.05, 3.63) is 29.3 Å². The van der Waals surface area contributed by atoms with Gasteiger partial charge in [0.2, 0.25) is 5.91 Å². The smallest absolute Gasteiger partial charge is 0.230 e. The highest BCUT2D eigenvalue weighted by molar-refractivity contribution is 5.98. The summed E-state index contributed by atoms with van der Waals surface area (Å²) in [6.07, 6.45) is 3.21. The molecule has 0 bridgehead atoms. The molecule has 0 atom stereocenters. The zero-order chi connectivity index (χ0) is 10.4. The van der Waals surface area contributed by atoms with E-state index in [0.29, 0.717) is 11.8 Å². The van der Waals surface area contributed by atoms with Crippen molar-refractivity contribution in [2.24, 2.45) is 5.92 Å². The summed E-state index contributed by atoms with van der Waals surface area (Å²) in [6.45, 7) is 2.99. The highest BCUT2D eigenvalue weighted by atomic mass is 16.2. The van der Waals surface area contributed by atoms with Crippen LogP contribution in [0.25, 0.3) is 0 Å². The molecule has 0 N–H and O–H groups in total. The highest BCUT2D eigenvalue weighted by Crippen LogP contribution is 2.36. The SMILES string of the molecule is Cc1ccc2c(c1)CCN2C(=O)C1CC1. The minimum atomic E-state index is 0.331. The average Bonchev–Trinajstić information content (AvgIpc) is 2.98. The number of anilines is 1. The van der Waals surface area contributed by atoms with Gasteiger partial charge in [-0.3, -0.25) is 4.79 Å². The van der Waals surface area contributed by atoms with Crippen LogP contribution in [0.3, 0.4) is 0 Å². The van der Waals surface area contributed by atoms with Crippen LogP contribution in [0.15, 0.2) is 18.2 Å². The molecule has 0 aromatic heterocycles. The van der Waals surface area contributed by atoms with Gasteiger partial charge >= 0.3 is 0 Å². The van der Waals surface area contributed by atoms with Gasteiger partial charge < -0.3 is 4.90 Å². The molecule has 1 fully saturated rings. The van der Waals surface area contributed by atoms with Crippen LogP contribution < -0.4 is 4.90 Å². The second-order valence-electron chi connectivity index (χ2n) is 4.65. The molecular formula is C13H15NO. The second-order valence-corrected chi connectivity index (χ2v) is 4.65. The largest absolute Gasteiger partial charge is 0.312 e. The molecule has 1 aromatic rings. The summed E-state index contributed by atoms with van der Waals surface area (Å²) in [4.78, 5) is 14.0. The molecule has 1 aliphatic heterocycles. The predicted octanol–water partition coefficient (Wildman–Crippen LogP) is 2.29.